The Bertz CT molecular complexity index is 787. The number of carbonyl (C=O) groups excluding carboxylic acids is 2. The summed E-state index contributed by atoms with van der Waals surface area (Å²) in [5, 5.41) is -0.982. The molecule has 0 bridgehead atoms. The highest BCUT2D eigenvalue weighted by Gasteiger charge is 2.36. The third-order valence-corrected chi connectivity index (χ3v) is 4.84. The van der Waals surface area contributed by atoms with Crippen molar-refractivity contribution in [2.24, 2.45) is 11.7 Å². The smallest absolute Gasteiger partial charge is 0.369 e. The van der Waals surface area contributed by atoms with E-state index in [9.17, 15) is 22.8 Å². The lowest BCUT2D eigenvalue weighted by Gasteiger charge is -2.16. The minimum absolute atomic E-state index is 0.0392. The number of carbonyl (C=O) groups is 2. The molecule has 23 heavy (non-hydrogen) atoms. The normalized spacial score (nSPS) is 18.6. The van der Waals surface area contributed by atoms with E-state index < -0.39 is 28.9 Å². The number of hydrogen-bond acceptors (Lipinski definition) is 4. The first-order valence-electron chi connectivity index (χ1n) is 6.82. The second-order valence-electron chi connectivity index (χ2n) is 5.31. The third-order valence-electron chi connectivity index (χ3n) is 3.77. The maximum absolute atomic E-state index is 12.8. The summed E-state index contributed by atoms with van der Waals surface area (Å²) in [6, 6.07) is 4.47. The van der Waals surface area contributed by atoms with Crippen molar-refractivity contribution in [1.29, 1.82) is 0 Å². The standard InChI is InChI=1S/C14H12F3N3O2S/c15-14(16,17)13-19-10-8(2-1-3-9(10)23-13)12(22)20-5-4-7(6-20)11(18)21/h1-3,7H,4-6H2,(H2,18,21). The molecule has 0 radical (unpaired) electrons. The lowest BCUT2D eigenvalue weighted by atomic mass is 10.1. The largest absolute Gasteiger partial charge is 0.443 e. The first-order valence-corrected chi connectivity index (χ1v) is 7.64. The van der Waals surface area contributed by atoms with Gasteiger partial charge >= 0.3 is 6.18 Å². The monoisotopic (exact) mass is 343 g/mol. The van der Waals surface area contributed by atoms with E-state index in [0.717, 1.165) is 0 Å². The van der Waals surface area contributed by atoms with Gasteiger partial charge in [-0.1, -0.05) is 6.07 Å². The van der Waals surface area contributed by atoms with Gasteiger partial charge in [0.2, 0.25) is 5.91 Å². The highest BCUT2D eigenvalue weighted by molar-refractivity contribution is 7.18. The van der Waals surface area contributed by atoms with Crippen LogP contribution in [0.25, 0.3) is 10.2 Å². The van der Waals surface area contributed by atoms with Gasteiger partial charge in [-0.05, 0) is 18.6 Å². The number of fused-ring (bicyclic) bond motifs is 1. The van der Waals surface area contributed by atoms with E-state index in [1.54, 1.807) is 0 Å². The average molecular weight is 343 g/mol. The number of nitrogens with zero attached hydrogens (tertiary/aromatic N) is 2. The van der Waals surface area contributed by atoms with Crippen LogP contribution in [0.4, 0.5) is 13.2 Å². The summed E-state index contributed by atoms with van der Waals surface area (Å²) >= 11 is 0.503. The van der Waals surface area contributed by atoms with Gasteiger partial charge in [0.05, 0.1) is 21.7 Å². The minimum Gasteiger partial charge on any atom is -0.369 e. The zero-order valence-electron chi connectivity index (χ0n) is 11.8. The number of amides is 2. The van der Waals surface area contributed by atoms with Crippen LogP contribution in [0.3, 0.4) is 0 Å². The Morgan fingerprint density at radius 1 is 1.35 bits per heavy atom. The van der Waals surface area contributed by atoms with E-state index in [2.05, 4.69) is 4.98 Å². The average Bonchev–Trinajstić information content (AvgIpc) is 3.12. The summed E-state index contributed by atoms with van der Waals surface area (Å²) in [6.07, 6.45) is -4.09. The number of nitrogens with two attached hydrogens (primary N) is 1. The van der Waals surface area contributed by atoms with E-state index in [-0.39, 0.29) is 17.6 Å². The van der Waals surface area contributed by atoms with Crippen LogP contribution in [0.5, 0.6) is 0 Å². The quantitative estimate of drug-likeness (QED) is 0.909. The number of aromatic nitrogens is 1. The summed E-state index contributed by atoms with van der Waals surface area (Å²) in [7, 11) is 0. The van der Waals surface area contributed by atoms with E-state index in [1.807, 2.05) is 0 Å². The van der Waals surface area contributed by atoms with Gasteiger partial charge in [0.1, 0.15) is 0 Å². The van der Waals surface area contributed by atoms with Crippen molar-refractivity contribution in [3.63, 3.8) is 0 Å². The first-order chi connectivity index (χ1) is 10.8. The van der Waals surface area contributed by atoms with Crippen molar-refractivity contribution in [3.8, 4) is 0 Å². The molecule has 2 amide bonds. The van der Waals surface area contributed by atoms with Gasteiger partial charge < -0.3 is 10.6 Å². The number of alkyl halides is 3. The summed E-state index contributed by atoms with van der Waals surface area (Å²) in [6.45, 7) is 0.528. The van der Waals surface area contributed by atoms with Gasteiger partial charge in [-0.3, -0.25) is 9.59 Å². The SMILES string of the molecule is NC(=O)C1CCN(C(=O)c2cccc3sc(C(F)(F)F)nc23)C1. The summed E-state index contributed by atoms with van der Waals surface area (Å²) in [5.74, 6) is -1.33. The molecule has 1 aromatic carbocycles. The van der Waals surface area contributed by atoms with Gasteiger partial charge in [0, 0.05) is 13.1 Å². The van der Waals surface area contributed by atoms with E-state index in [4.69, 9.17) is 5.73 Å². The van der Waals surface area contributed by atoms with Crippen molar-refractivity contribution in [3.05, 3.63) is 28.8 Å². The zero-order chi connectivity index (χ0) is 16.8. The van der Waals surface area contributed by atoms with Gasteiger partial charge in [-0.25, -0.2) is 4.98 Å². The van der Waals surface area contributed by atoms with Crippen LogP contribution >= 0.6 is 11.3 Å². The second-order valence-corrected chi connectivity index (χ2v) is 6.34. The topological polar surface area (TPSA) is 76.3 Å². The molecule has 0 aliphatic carbocycles. The van der Waals surface area contributed by atoms with E-state index >= 15 is 0 Å². The number of hydrogen-bond donors (Lipinski definition) is 1. The van der Waals surface area contributed by atoms with Crippen molar-refractivity contribution in [2.75, 3.05) is 13.1 Å². The van der Waals surface area contributed by atoms with Crippen molar-refractivity contribution in [2.45, 2.75) is 12.6 Å². The number of benzene rings is 1. The Morgan fingerprint density at radius 3 is 2.70 bits per heavy atom. The van der Waals surface area contributed by atoms with Crippen molar-refractivity contribution < 1.29 is 22.8 Å². The molecule has 0 spiro atoms. The van der Waals surface area contributed by atoms with Crippen LogP contribution < -0.4 is 5.73 Å². The highest BCUT2D eigenvalue weighted by atomic mass is 32.1. The number of primary amides is 1. The van der Waals surface area contributed by atoms with Crippen molar-refractivity contribution in [1.82, 2.24) is 9.88 Å². The van der Waals surface area contributed by atoms with Crippen LogP contribution in [-0.2, 0) is 11.0 Å². The van der Waals surface area contributed by atoms with Crippen LogP contribution in [-0.4, -0.2) is 34.8 Å². The Morgan fingerprint density at radius 2 is 2.09 bits per heavy atom. The van der Waals surface area contributed by atoms with Gasteiger partial charge in [-0.15, -0.1) is 11.3 Å². The predicted molar refractivity (Wildman–Crippen MR) is 77.8 cm³/mol. The van der Waals surface area contributed by atoms with Crippen LogP contribution in [0.15, 0.2) is 18.2 Å². The number of rotatable bonds is 2. The number of thiazole rings is 1. The van der Waals surface area contributed by atoms with Crippen LogP contribution in [0.2, 0.25) is 0 Å². The maximum Gasteiger partial charge on any atom is 0.443 e. The molecule has 1 saturated heterocycles. The van der Waals surface area contributed by atoms with E-state index in [1.165, 1.54) is 23.1 Å². The summed E-state index contributed by atoms with van der Waals surface area (Å²) in [4.78, 5) is 28.7. The number of likely N-dealkylation sites (tertiary alicyclic amines) is 1. The Balaban J connectivity index is 1.95. The molecule has 3 rings (SSSR count). The molecule has 2 N–H and O–H groups in total. The summed E-state index contributed by atoms with van der Waals surface area (Å²) in [5.41, 5.74) is 5.38. The predicted octanol–water partition coefficient (Wildman–Crippen LogP) is 2.26. The minimum atomic E-state index is -4.55. The molecular weight excluding hydrogens is 331 g/mol. The molecule has 9 heteroatoms. The lowest BCUT2D eigenvalue weighted by molar-refractivity contribution is -0.137. The fourth-order valence-corrected chi connectivity index (χ4v) is 3.45. The summed E-state index contributed by atoms with van der Waals surface area (Å²) < 4.78 is 38.7. The molecule has 1 unspecified atom stereocenters. The maximum atomic E-state index is 12.8. The van der Waals surface area contributed by atoms with Crippen molar-refractivity contribution >= 4 is 33.4 Å². The molecule has 1 aromatic heterocycles. The molecule has 1 atom stereocenters. The molecule has 1 aliphatic heterocycles. The molecular formula is C14H12F3N3O2S. The Labute approximate surface area is 132 Å². The molecule has 2 heterocycles. The van der Waals surface area contributed by atoms with Gasteiger partial charge in [0.15, 0.2) is 5.01 Å². The fourth-order valence-electron chi connectivity index (χ4n) is 2.59. The Kier molecular flexibility index (Phi) is 3.75. The molecule has 5 nitrogen and oxygen atoms in total. The number of halogens is 3. The van der Waals surface area contributed by atoms with Crippen LogP contribution in [0, 0.1) is 5.92 Å². The third kappa shape index (κ3) is 2.88. The molecule has 2 aromatic rings. The fraction of sp³-hybridized carbons (Fsp3) is 0.357. The second kappa shape index (κ2) is 5.48. The van der Waals surface area contributed by atoms with E-state index in [0.29, 0.717) is 29.0 Å². The molecule has 122 valence electrons. The van der Waals surface area contributed by atoms with Gasteiger partial charge in [0.25, 0.3) is 5.91 Å². The highest BCUT2D eigenvalue weighted by Crippen LogP contribution is 2.36. The zero-order valence-corrected chi connectivity index (χ0v) is 12.6. The Hall–Kier alpha value is -2.16. The van der Waals surface area contributed by atoms with Gasteiger partial charge in [-0.2, -0.15) is 13.2 Å². The molecule has 1 aliphatic rings. The molecule has 1 fully saturated rings. The van der Waals surface area contributed by atoms with Crippen LogP contribution in [0.1, 0.15) is 21.8 Å². The lowest BCUT2D eigenvalue weighted by Crippen LogP contribution is -2.31. The first kappa shape index (κ1) is 15.7. The number of para-hydroxylation sites is 1. The molecule has 0 saturated carbocycles.